The largest absolute Gasteiger partial charge is 0.416 e. The molecule has 1 amide bonds. The van der Waals surface area contributed by atoms with Crippen LogP contribution < -0.4 is 0 Å². The summed E-state index contributed by atoms with van der Waals surface area (Å²) in [7, 11) is 1.61. The van der Waals surface area contributed by atoms with Gasteiger partial charge in [0.2, 0.25) is 5.91 Å². The molecule has 0 radical (unpaired) electrons. The first kappa shape index (κ1) is 23.8. The predicted molar refractivity (Wildman–Crippen MR) is 116 cm³/mol. The third-order valence-corrected chi connectivity index (χ3v) is 6.07. The Morgan fingerprint density at radius 3 is 2.35 bits per heavy atom. The second-order valence-corrected chi connectivity index (χ2v) is 8.40. The van der Waals surface area contributed by atoms with Crippen molar-refractivity contribution in [3.05, 3.63) is 71.5 Å². The van der Waals surface area contributed by atoms with Gasteiger partial charge in [0.05, 0.1) is 23.7 Å². The quantitative estimate of drug-likeness (QED) is 0.511. The fourth-order valence-corrected chi connectivity index (χ4v) is 4.12. The molecular formula is C23H24F4N6O. The molecule has 2 atom stereocenters. The Balaban J connectivity index is 1.30. The van der Waals surface area contributed by atoms with Crippen LogP contribution in [0.2, 0.25) is 0 Å². The number of benzene rings is 2. The fourth-order valence-electron chi connectivity index (χ4n) is 4.12. The number of nitrogens with zero attached hydrogens (tertiary/aromatic N) is 6. The normalized spacial score (nSPS) is 19.2. The van der Waals surface area contributed by atoms with Crippen molar-refractivity contribution in [1.82, 2.24) is 30.0 Å². The van der Waals surface area contributed by atoms with Crippen LogP contribution in [0.15, 0.2) is 54.9 Å². The molecule has 1 fully saturated rings. The van der Waals surface area contributed by atoms with Crippen molar-refractivity contribution in [2.24, 2.45) is 0 Å². The van der Waals surface area contributed by atoms with Crippen molar-refractivity contribution in [2.75, 3.05) is 20.1 Å². The number of likely N-dealkylation sites (tertiary alicyclic amines) is 1. The Morgan fingerprint density at radius 2 is 1.76 bits per heavy atom. The zero-order valence-electron chi connectivity index (χ0n) is 18.5. The Morgan fingerprint density at radius 1 is 1.09 bits per heavy atom. The monoisotopic (exact) mass is 476 g/mol. The lowest BCUT2D eigenvalue weighted by atomic mass is 9.99. The molecule has 1 aliphatic rings. The van der Waals surface area contributed by atoms with E-state index in [0.29, 0.717) is 25.1 Å². The van der Waals surface area contributed by atoms with Crippen molar-refractivity contribution in [3.63, 3.8) is 0 Å². The van der Waals surface area contributed by atoms with Crippen molar-refractivity contribution in [1.29, 1.82) is 0 Å². The van der Waals surface area contributed by atoms with E-state index in [2.05, 4.69) is 15.5 Å². The lowest BCUT2D eigenvalue weighted by Crippen LogP contribution is -2.53. The molecule has 0 aliphatic carbocycles. The van der Waals surface area contributed by atoms with Gasteiger partial charge in [-0.15, -0.1) is 5.10 Å². The summed E-state index contributed by atoms with van der Waals surface area (Å²) in [5.74, 6) is -0.181. The molecular weight excluding hydrogens is 452 g/mol. The van der Waals surface area contributed by atoms with Crippen LogP contribution in [-0.2, 0) is 23.9 Å². The van der Waals surface area contributed by atoms with Crippen molar-refractivity contribution in [3.8, 4) is 5.69 Å². The number of carbonyl (C=O) groups is 1. The van der Waals surface area contributed by atoms with Gasteiger partial charge in [-0.1, -0.05) is 24.3 Å². The molecule has 0 spiro atoms. The van der Waals surface area contributed by atoms with Crippen molar-refractivity contribution >= 4 is 5.91 Å². The molecule has 180 valence electrons. The molecule has 34 heavy (non-hydrogen) atoms. The van der Waals surface area contributed by atoms with E-state index in [1.165, 1.54) is 28.0 Å². The van der Waals surface area contributed by atoms with E-state index >= 15 is 0 Å². The standard InChI is InChI=1S/C23H24F4N6O/c1-31(22(34)12-16-4-8-19(9-5-16)33-15-28-29-30-33)21-10-11-32(14-20(21)24)13-17-2-6-18(7-3-17)23(25,26)27/h2-9,15,20-21H,10-14H2,1H3/t20-,21+/m1/s1. The minimum atomic E-state index is -4.38. The average molecular weight is 476 g/mol. The summed E-state index contributed by atoms with van der Waals surface area (Å²) < 4.78 is 54.7. The molecule has 11 heteroatoms. The van der Waals surface area contributed by atoms with Gasteiger partial charge in [0.1, 0.15) is 12.5 Å². The summed E-state index contributed by atoms with van der Waals surface area (Å²) in [4.78, 5) is 16.1. The SMILES string of the molecule is CN(C(=O)Cc1ccc(-n2cnnn2)cc1)[C@H]1CCN(Cc2ccc(C(F)(F)F)cc2)C[C@H]1F. The molecule has 2 heterocycles. The topological polar surface area (TPSA) is 67.2 Å². The second kappa shape index (κ2) is 9.88. The van der Waals surface area contributed by atoms with Crippen LogP contribution in [0.3, 0.4) is 0 Å². The Kier molecular flexibility index (Phi) is 6.92. The summed E-state index contributed by atoms with van der Waals surface area (Å²) in [6.07, 6.45) is -3.57. The zero-order chi connectivity index (χ0) is 24.3. The smallest absolute Gasteiger partial charge is 0.339 e. The van der Waals surface area contributed by atoms with Crippen LogP contribution >= 0.6 is 0 Å². The maximum absolute atomic E-state index is 15.0. The summed E-state index contributed by atoms with van der Waals surface area (Å²) in [5, 5.41) is 11.0. The average Bonchev–Trinajstić information content (AvgIpc) is 3.34. The van der Waals surface area contributed by atoms with Gasteiger partial charge in [-0.25, -0.2) is 9.07 Å². The third-order valence-electron chi connectivity index (χ3n) is 6.07. The van der Waals surface area contributed by atoms with Crippen LogP contribution in [0.25, 0.3) is 5.69 Å². The molecule has 4 rings (SSSR count). The third kappa shape index (κ3) is 5.58. The molecule has 0 unspecified atom stereocenters. The van der Waals surface area contributed by atoms with E-state index < -0.39 is 24.0 Å². The van der Waals surface area contributed by atoms with Crippen LogP contribution in [0.4, 0.5) is 17.6 Å². The van der Waals surface area contributed by atoms with E-state index in [9.17, 15) is 22.4 Å². The number of hydrogen-bond donors (Lipinski definition) is 0. The lowest BCUT2D eigenvalue weighted by molar-refractivity contribution is -0.137. The minimum absolute atomic E-state index is 0.115. The molecule has 0 saturated carbocycles. The van der Waals surface area contributed by atoms with Gasteiger partial charge in [-0.05, 0) is 52.2 Å². The van der Waals surface area contributed by atoms with Crippen molar-refractivity contribution < 1.29 is 22.4 Å². The van der Waals surface area contributed by atoms with E-state index in [1.54, 1.807) is 19.2 Å². The van der Waals surface area contributed by atoms with E-state index in [-0.39, 0.29) is 18.9 Å². The molecule has 1 aromatic heterocycles. The lowest BCUT2D eigenvalue weighted by Gasteiger charge is -2.39. The minimum Gasteiger partial charge on any atom is -0.339 e. The zero-order valence-corrected chi connectivity index (χ0v) is 18.5. The maximum Gasteiger partial charge on any atom is 0.416 e. The predicted octanol–water partition coefficient (Wildman–Crippen LogP) is 3.29. The number of alkyl halides is 4. The highest BCUT2D eigenvalue weighted by atomic mass is 19.4. The van der Waals surface area contributed by atoms with Gasteiger partial charge in [-0.2, -0.15) is 13.2 Å². The van der Waals surface area contributed by atoms with Crippen LogP contribution in [0, 0.1) is 0 Å². The van der Waals surface area contributed by atoms with Crippen LogP contribution in [-0.4, -0.2) is 68.3 Å². The number of rotatable bonds is 6. The first-order valence-electron chi connectivity index (χ1n) is 10.8. The number of halogens is 4. The summed E-state index contributed by atoms with van der Waals surface area (Å²) in [6, 6.07) is 11.6. The molecule has 1 saturated heterocycles. The van der Waals surface area contributed by atoms with Gasteiger partial charge in [0.25, 0.3) is 0 Å². The fraction of sp³-hybridized carbons (Fsp3) is 0.391. The maximum atomic E-state index is 15.0. The highest BCUT2D eigenvalue weighted by molar-refractivity contribution is 5.79. The van der Waals surface area contributed by atoms with Gasteiger partial charge >= 0.3 is 6.18 Å². The summed E-state index contributed by atoms with van der Waals surface area (Å²) >= 11 is 0. The van der Waals surface area contributed by atoms with Gasteiger partial charge < -0.3 is 4.90 Å². The molecule has 3 aromatic rings. The molecule has 7 nitrogen and oxygen atoms in total. The number of likely N-dealkylation sites (N-methyl/N-ethyl adjacent to an activating group) is 1. The molecule has 1 aliphatic heterocycles. The Bertz CT molecular complexity index is 1090. The molecule has 2 aromatic carbocycles. The van der Waals surface area contributed by atoms with E-state index in [1.807, 2.05) is 17.0 Å². The van der Waals surface area contributed by atoms with Gasteiger partial charge in [0.15, 0.2) is 0 Å². The number of amides is 1. The number of piperidine rings is 1. The number of carbonyl (C=O) groups excluding carboxylic acids is 1. The molecule has 0 N–H and O–H groups in total. The first-order chi connectivity index (χ1) is 16.2. The van der Waals surface area contributed by atoms with Crippen molar-refractivity contribution in [2.45, 2.75) is 37.8 Å². The van der Waals surface area contributed by atoms with Crippen LogP contribution in [0.1, 0.15) is 23.1 Å². The van der Waals surface area contributed by atoms with E-state index in [0.717, 1.165) is 23.4 Å². The highest BCUT2D eigenvalue weighted by Gasteiger charge is 2.34. The highest BCUT2D eigenvalue weighted by Crippen LogP contribution is 2.29. The number of tetrazole rings is 1. The molecule has 0 bridgehead atoms. The van der Waals surface area contributed by atoms with E-state index in [4.69, 9.17) is 0 Å². The Hall–Kier alpha value is -3.34. The summed E-state index contributed by atoms with van der Waals surface area (Å²) in [6.45, 7) is 1.02. The summed E-state index contributed by atoms with van der Waals surface area (Å²) in [5.41, 5.74) is 1.54. The van der Waals surface area contributed by atoms with Gasteiger partial charge in [-0.3, -0.25) is 9.69 Å². The van der Waals surface area contributed by atoms with Gasteiger partial charge in [0, 0.05) is 26.7 Å². The van der Waals surface area contributed by atoms with Crippen LogP contribution in [0.5, 0.6) is 0 Å². The number of hydrogen-bond acceptors (Lipinski definition) is 5. The number of aromatic nitrogens is 4. The first-order valence-corrected chi connectivity index (χ1v) is 10.8. The Labute approximate surface area is 194 Å². The second-order valence-electron chi connectivity index (χ2n) is 8.40.